The van der Waals surface area contributed by atoms with E-state index in [1.54, 1.807) is 4.90 Å². The number of likely N-dealkylation sites (tertiary alicyclic amines) is 1. The van der Waals surface area contributed by atoms with Gasteiger partial charge in [-0.1, -0.05) is 0 Å². The standard InChI is InChI=1S/C14H28N2O3/c1-13(2,3)19-12(18)16-7-5-6-11(9-16)8-14(4,15)10-17/h11,17H,5-10,15H2,1-4H3. The number of carbonyl (C=O) groups is 1. The molecule has 1 saturated heterocycles. The number of piperidine rings is 1. The second-order valence-electron chi connectivity index (χ2n) is 6.95. The Morgan fingerprint density at radius 2 is 2.05 bits per heavy atom. The van der Waals surface area contributed by atoms with Crippen molar-refractivity contribution in [3.05, 3.63) is 0 Å². The highest BCUT2D eigenvalue weighted by Gasteiger charge is 2.31. The van der Waals surface area contributed by atoms with Gasteiger partial charge in [0.05, 0.1) is 6.61 Å². The second kappa shape index (κ2) is 6.09. The molecule has 19 heavy (non-hydrogen) atoms. The molecule has 3 N–H and O–H groups in total. The minimum absolute atomic E-state index is 0.0318. The lowest BCUT2D eigenvalue weighted by Gasteiger charge is -2.36. The van der Waals surface area contributed by atoms with E-state index in [1.165, 1.54) is 0 Å². The Bertz CT molecular complexity index is 310. The number of nitrogens with two attached hydrogens (primary N) is 1. The molecule has 1 fully saturated rings. The van der Waals surface area contributed by atoms with Crippen molar-refractivity contribution in [1.82, 2.24) is 4.90 Å². The molecule has 0 aliphatic carbocycles. The Kier molecular flexibility index (Phi) is 5.21. The van der Waals surface area contributed by atoms with Gasteiger partial charge in [0.25, 0.3) is 0 Å². The molecule has 0 bridgehead atoms. The van der Waals surface area contributed by atoms with Crippen LogP contribution in [0.25, 0.3) is 0 Å². The molecule has 0 aromatic heterocycles. The van der Waals surface area contributed by atoms with E-state index in [2.05, 4.69) is 0 Å². The van der Waals surface area contributed by atoms with Crippen molar-refractivity contribution in [1.29, 1.82) is 0 Å². The van der Waals surface area contributed by atoms with Crippen molar-refractivity contribution in [3.63, 3.8) is 0 Å². The monoisotopic (exact) mass is 272 g/mol. The molecule has 1 aliphatic heterocycles. The van der Waals surface area contributed by atoms with E-state index in [4.69, 9.17) is 10.5 Å². The van der Waals surface area contributed by atoms with Gasteiger partial charge in [-0.15, -0.1) is 0 Å². The number of aliphatic hydroxyl groups excluding tert-OH is 1. The Morgan fingerprint density at radius 1 is 1.42 bits per heavy atom. The van der Waals surface area contributed by atoms with Gasteiger partial charge in [-0.05, 0) is 52.9 Å². The van der Waals surface area contributed by atoms with Crippen LogP contribution in [0.3, 0.4) is 0 Å². The third-order valence-electron chi connectivity index (χ3n) is 3.29. The first-order chi connectivity index (χ1) is 8.63. The number of hydrogen-bond acceptors (Lipinski definition) is 4. The van der Waals surface area contributed by atoms with E-state index in [9.17, 15) is 9.90 Å². The van der Waals surface area contributed by atoms with Gasteiger partial charge in [0.1, 0.15) is 5.60 Å². The molecule has 0 aromatic carbocycles. The number of nitrogens with zero attached hydrogens (tertiary/aromatic N) is 1. The molecule has 2 unspecified atom stereocenters. The maximum absolute atomic E-state index is 12.0. The van der Waals surface area contributed by atoms with Gasteiger partial charge < -0.3 is 20.5 Å². The summed E-state index contributed by atoms with van der Waals surface area (Å²) in [5, 5.41) is 9.22. The fraction of sp³-hybridized carbons (Fsp3) is 0.929. The Labute approximate surface area is 116 Å². The van der Waals surface area contributed by atoms with Crippen molar-refractivity contribution >= 4 is 6.09 Å². The molecule has 0 spiro atoms. The van der Waals surface area contributed by atoms with Gasteiger partial charge in [0, 0.05) is 18.6 Å². The number of hydrogen-bond donors (Lipinski definition) is 2. The van der Waals surface area contributed by atoms with Crippen LogP contribution in [0.4, 0.5) is 4.79 Å². The SMILES string of the molecule is CC(N)(CO)CC1CCCN(C(=O)OC(C)(C)C)C1. The Morgan fingerprint density at radius 3 is 2.58 bits per heavy atom. The first kappa shape index (κ1) is 16.2. The topological polar surface area (TPSA) is 75.8 Å². The Balaban J connectivity index is 2.53. The summed E-state index contributed by atoms with van der Waals surface area (Å²) in [5.74, 6) is 0.336. The maximum Gasteiger partial charge on any atom is 0.410 e. The van der Waals surface area contributed by atoms with E-state index in [-0.39, 0.29) is 12.7 Å². The van der Waals surface area contributed by atoms with Crippen LogP contribution in [-0.2, 0) is 4.74 Å². The summed E-state index contributed by atoms with van der Waals surface area (Å²) in [7, 11) is 0. The van der Waals surface area contributed by atoms with Crippen LogP contribution in [-0.4, -0.2) is 46.9 Å². The lowest BCUT2D eigenvalue weighted by atomic mass is 9.85. The highest BCUT2D eigenvalue weighted by Crippen LogP contribution is 2.25. The fourth-order valence-electron chi connectivity index (χ4n) is 2.45. The van der Waals surface area contributed by atoms with E-state index < -0.39 is 11.1 Å². The molecular weight excluding hydrogens is 244 g/mol. The molecule has 0 radical (unpaired) electrons. The quantitative estimate of drug-likeness (QED) is 0.820. The van der Waals surface area contributed by atoms with E-state index >= 15 is 0 Å². The average molecular weight is 272 g/mol. The van der Waals surface area contributed by atoms with Crippen LogP contribution in [0.5, 0.6) is 0 Å². The van der Waals surface area contributed by atoms with Crippen LogP contribution in [0.15, 0.2) is 0 Å². The lowest BCUT2D eigenvalue weighted by molar-refractivity contribution is 0.0143. The molecule has 2 atom stereocenters. The van der Waals surface area contributed by atoms with Gasteiger partial charge >= 0.3 is 6.09 Å². The molecular formula is C14H28N2O3. The smallest absolute Gasteiger partial charge is 0.410 e. The molecule has 5 heteroatoms. The second-order valence-corrected chi connectivity index (χ2v) is 6.95. The van der Waals surface area contributed by atoms with Gasteiger partial charge in [-0.3, -0.25) is 0 Å². The molecule has 0 saturated carbocycles. The van der Waals surface area contributed by atoms with E-state index in [0.717, 1.165) is 25.8 Å². The summed E-state index contributed by atoms with van der Waals surface area (Å²) >= 11 is 0. The van der Waals surface area contributed by atoms with Gasteiger partial charge in [-0.25, -0.2) is 4.79 Å². The molecule has 1 rings (SSSR count). The number of amides is 1. The number of carbonyl (C=O) groups excluding carboxylic acids is 1. The molecule has 5 nitrogen and oxygen atoms in total. The third-order valence-corrected chi connectivity index (χ3v) is 3.29. The summed E-state index contributed by atoms with van der Waals surface area (Å²) in [6.07, 6.45) is 2.49. The number of aliphatic hydroxyl groups is 1. The van der Waals surface area contributed by atoms with E-state index in [0.29, 0.717) is 12.5 Å². The number of ether oxygens (including phenoxy) is 1. The molecule has 1 heterocycles. The molecule has 0 aromatic rings. The van der Waals surface area contributed by atoms with Crippen molar-refractivity contribution in [3.8, 4) is 0 Å². The van der Waals surface area contributed by atoms with Crippen molar-refractivity contribution in [2.24, 2.45) is 11.7 Å². The van der Waals surface area contributed by atoms with E-state index in [1.807, 2.05) is 27.7 Å². The zero-order valence-electron chi connectivity index (χ0n) is 12.6. The van der Waals surface area contributed by atoms with Crippen LogP contribution in [0.2, 0.25) is 0 Å². The lowest BCUT2D eigenvalue weighted by Crippen LogP contribution is -2.47. The minimum atomic E-state index is -0.568. The minimum Gasteiger partial charge on any atom is -0.444 e. The van der Waals surface area contributed by atoms with Crippen molar-refractivity contribution in [2.45, 2.75) is 58.1 Å². The first-order valence-electron chi connectivity index (χ1n) is 7.01. The van der Waals surface area contributed by atoms with Crippen LogP contribution < -0.4 is 5.73 Å². The predicted octanol–water partition coefficient (Wildman–Crippen LogP) is 1.73. The summed E-state index contributed by atoms with van der Waals surface area (Å²) in [6, 6.07) is 0. The Hall–Kier alpha value is -0.810. The van der Waals surface area contributed by atoms with Gasteiger partial charge in [0.15, 0.2) is 0 Å². The van der Waals surface area contributed by atoms with Crippen LogP contribution >= 0.6 is 0 Å². The van der Waals surface area contributed by atoms with Crippen LogP contribution in [0.1, 0.15) is 47.0 Å². The zero-order valence-corrected chi connectivity index (χ0v) is 12.6. The number of rotatable bonds is 3. The normalized spacial score (nSPS) is 23.9. The zero-order chi connectivity index (χ0) is 14.7. The summed E-state index contributed by atoms with van der Waals surface area (Å²) in [6.45, 7) is 8.84. The fourth-order valence-corrected chi connectivity index (χ4v) is 2.45. The average Bonchev–Trinajstić information content (AvgIpc) is 2.26. The van der Waals surface area contributed by atoms with Gasteiger partial charge in [-0.2, -0.15) is 0 Å². The van der Waals surface area contributed by atoms with Crippen molar-refractivity contribution < 1.29 is 14.6 Å². The molecule has 1 aliphatic rings. The predicted molar refractivity (Wildman–Crippen MR) is 74.8 cm³/mol. The highest BCUT2D eigenvalue weighted by molar-refractivity contribution is 5.68. The summed E-state index contributed by atoms with van der Waals surface area (Å²) in [5.41, 5.74) is 4.96. The summed E-state index contributed by atoms with van der Waals surface area (Å²) in [4.78, 5) is 13.8. The molecule has 112 valence electrons. The van der Waals surface area contributed by atoms with Crippen LogP contribution in [0, 0.1) is 5.92 Å². The van der Waals surface area contributed by atoms with Gasteiger partial charge in [0.2, 0.25) is 0 Å². The maximum atomic E-state index is 12.0. The van der Waals surface area contributed by atoms with Crippen molar-refractivity contribution in [2.75, 3.05) is 19.7 Å². The molecule has 1 amide bonds. The third kappa shape index (κ3) is 5.78. The first-order valence-corrected chi connectivity index (χ1v) is 7.01. The largest absolute Gasteiger partial charge is 0.444 e. The summed E-state index contributed by atoms with van der Waals surface area (Å²) < 4.78 is 5.39. The highest BCUT2D eigenvalue weighted by atomic mass is 16.6.